The zero-order valence-electron chi connectivity index (χ0n) is 34.1. The largest absolute Gasteiger partial charge is 0.455 e. The van der Waals surface area contributed by atoms with E-state index in [1.165, 1.54) is 21.9 Å². The number of rotatable bonds is 7. The lowest BCUT2D eigenvalue weighted by atomic mass is 9.90. The molecule has 0 radical (unpaired) electrons. The summed E-state index contributed by atoms with van der Waals surface area (Å²) in [7, 11) is 0. The highest BCUT2D eigenvalue weighted by atomic mass is 16.3. The van der Waals surface area contributed by atoms with Crippen molar-refractivity contribution in [2.45, 2.75) is 0 Å². The van der Waals surface area contributed by atoms with Gasteiger partial charge in [-0.25, -0.2) is 15.0 Å². The van der Waals surface area contributed by atoms with Crippen molar-refractivity contribution in [2.75, 3.05) is 0 Å². The SMILES string of the molecule is c1ccc(-c2cccc(-c3nc(-c4ccccc4)nc(-c4ccc(-c5cccc6oc7c(-c8ccc(-c9ccccc9)c9ccccc89)cccc7c56)c5ccccc45)n3)c2)cc1. The van der Waals surface area contributed by atoms with Crippen molar-refractivity contribution in [1.29, 1.82) is 0 Å². The molecule has 0 aliphatic heterocycles. The van der Waals surface area contributed by atoms with Gasteiger partial charge in [0, 0.05) is 33.0 Å². The van der Waals surface area contributed by atoms with E-state index in [1.807, 2.05) is 36.4 Å². The van der Waals surface area contributed by atoms with Crippen LogP contribution in [0.4, 0.5) is 0 Å². The van der Waals surface area contributed by atoms with Crippen LogP contribution in [0.3, 0.4) is 0 Å². The molecule has 10 aromatic carbocycles. The highest BCUT2D eigenvalue weighted by Gasteiger charge is 2.21. The lowest BCUT2D eigenvalue weighted by molar-refractivity contribution is 0.670. The Balaban J connectivity index is 1.02. The fraction of sp³-hybridized carbons (Fsp3) is 0. The molecular weight excluding hydrogens is 767 g/mol. The average molecular weight is 804 g/mol. The summed E-state index contributed by atoms with van der Waals surface area (Å²) in [6.45, 7) is 0. The number of furan rings is 1. The molecule has 0 saturated heterocycles. The Morgan fingerprint density at radius 2 is 0.698 bits per heavy atom. The monoisotopic (exact) mass is 803 g/mol. The summed E-state index contributed by atoms with van der Waals surface area (Å²) in [4.78, 5) is 15.4. The molecule has 0 spiro atoms. The van der Waals surface area contributed by atoms with Gasteiger partial charge < -0.3 is 4.42 Å². The number of aromatic nitrogens is 3. The summed E-state index contributed by atoms with van der Waals surface area (Å²) in [5.74, 6) is 1.87. The Morgan fingerprint density at radius 3 is 1.40 bits per heavy atom. The molecule has 0 fully saturated rings. The summed E-state index contributed by atoms with van der Waals surface area (Å²) in [6, 6.07) is 78.6. The van der Waals surface area contributed by atoms with E-state index in [9.17, 15) is 0 Å². The van der Waals surface area contributed by atoms with Gasteiger partial charge in [-0.05, 0) is 78.7 Å². The van der Waals surface area contributed by atoms with Crippen LogP contribution in [0, 0.1) is 0 Å². The second kappa shape index (κ2) is 15.2. The van der Waals surface area contributed by atoms with Crippen LogP contribution in [0.1, 0.15) is 0 Å². The molecule has 0 saturated carbocycles. The topological polar surface area (TPSA) is 51.8 Å². The number of benzene rings is 10. The zero-order chi connectivity index (χ0) is 41.7. The van der Waals surface area contributed by atoms with E-state index in [1.54, 1.807) is 0 Å². The Bertz CT molecular complexity index is 3670. The van der Waals surface area contributed by atoms with Crippen LogP contribution in [0.2, 0.25) is 0 Å². The van der Waals surface area contributed by atoms with E-state index in [2.05, 4.69) is 188 Å². The minimum Gasteiger partial charge on any atom is -0.455 e. The minimum atomic E-state index is 0.619. The maximum atomic E-state index is 6.89. The van der Waals surface area contributed by atoms with Crippen molar-refractivity contribution in [1.82, 2.24) is 15.0 Å². The van der Waals surface area contributed by atoms with Gasteiger partial charge in [-0.3, -0.25) is 0 Å². The molecule has 12 aromatic rings. The summed E-state index contributed by atoms with van der Waals surface area (Å²) in [5.41, 5.74) is 13.6. The Hall–Kier alpha value is -8.47. The molecule has 0 aliphatic rings. The van der Waals surface area contributed by atoms with Crippen molar-refractivity contribution in [3.05, 3.63) is 224 Å². The molecule has 4 nitrogen and oxygen atoms in total. The summed E-state index contributed by atoms with van der Waals surface area (Å²) < 4.78 is 6.89. The molecule has 0 N–H and O–H groups in total. The van der Waals surface area contributed by atoms with Gasteiger partial charge >= 0.3 is 0 Å². The van der Waals surface area contributed by atoms with Gasteiger partial charge in [-0.15, -0.1) is 0 Å². The Kier molecular flexibility index (Phi) is 8.79. The van der Waals surface area contributed by atoms with E-state index < -0.39 is 0 Å². The maximum Gasteiger partial charge on any atom is 0.164 e. The fourth-order valence-electron chi connectivity index (χ4n) is 9.23. The molecule has 2 aromatic heterocycles. The van der Waals surface area contributed by atoms with Crippen molar-refractivity contribution in [3.8, 4) is 78.7 Å². The van der Waals surface area contributed by atoms with Crippen LogP contribution >= 0.6 is 0 Å². The standard InChI is InChI=1S/C59H37N3O/c1-4-17-38(18-5-1)41-23-14-24-42(37-41)58-60-57(40-21-8-3-9-22-40)61-59(62-58)52-36-35-48(46-27-12-13-28-47(46)52)50-29-16-32-54-55(50)53-31-15-30-51(56(53)63-54)49-34-33-43(39-19-6-2-7-20-39)44-25-10-11-26-45(44)49/h1-37H. The third kappa shape index (κ3) is 6.36. The Labute approximate surface area is 364 Å². The molecule has 0 atom stereocenters. The number of nitrogens with zero attached hydrogens (tertiary/aromatic N) is 3. The first-order valence-corrected chi connectivity index (χ1v) is 21.3. The third-order valence-electron chi connectivity index (χ3n) is 12.2. The summed E-state index contributed by atoms with van der Waals surface area (Å²) in [6.07, 6.45) is 0. The van der Waals surface area contributed by atoms with E-state index in [0.29, 0.717) is 17.5 Å². The highest BCUT2D eigenvalue weighted by molar-refractivity contribution is 6.19. The van der Waals surface area contributed by atoms with Crippen molar-refractivity contribution < 1.29 is 4.42 Å². The van der Waals surface area contributed by atoms with E-state index in [0.717, 1.165) is 82.8 Å². The molecule has 0 aliphatic carbocycles. The molecule has 12 rings (SSSR count). The van der Waals surface area contributed by atoms with Crippen LogP contribution in [0.5, 0.6) is 0 Å². The number of fused-ring (bicyclic) bond motifs is 5. The lowest BCUT2D eigenvalue weighted by Crippen LogP contribution is -2.01. The van der Waals surface area contributed by atoms with E-state index in [-0.39, 0.29) is 0 Å². The molecule has 2 heterocycles. The van der Waals surface area contributed by atoms with Crippen LogP contribution < -0.4 is 0 Å². The van der Waals surface area contributed by atoms with Gasteiger partial charge in [0.15, 0.2) is 17.5 Å². The predicted octanol–water partition coefficient (Wildman–Crippen LogP) is 15.7. The van der Waals surface area contributed by atoms with Crippen molar-refractivity contribution in [2.24, 2.45) is 0 Å². The molecule has 63 heavy (non-hydrogen) atoms. The van der Waals surface area contributed by atoms with Crippen LogP contribution in [-0.4, -0.2) is 15.0 Å². The number of para-hydroxylation sites is 1. The van der Waals surface area contributed by atoms with Gasteiger partial charge in [-0.1, -0.05) is 206 Å². The van der Waals surface area contributed by atoms with Crippen LogP contribution in [0.25, 0.3) is 122 Å². The average Bonchev–Trinajstić information content (AvgIpc) is 3.76. The van der Waals surface area contributed by atoms with E-state index in [4.69, 9.17) is 19.4 Å². The van der Waals surface area contributed by atoms with Gasteiger partial charge in [0.2, 0.25) is 0 Å². The molecule has 0 amide bonds. The quantitative estimate of drug-likeness (QED) is 0.161. The zero-order valence-corrected chi connectivity index (χ0v) is 34.1. The first-order valence-electron chi connectivity index (χ1n) is 21.3. The van der Waals surface area contributed by atoms with E-state index >= 15 is 0 Å². The number of hydrogen-bond donors (Lipinski definition) is 0. The predicted molar refractivity (Wildman–Crippen MR) is 260 cm³/mol. The van der Waals surface area contributed by atoms with Crippen LogP contribution in [0.15, 0.2) is 229 Å². The first-order chi connectivity index (χ1) is 31.2. The smallest absolute Gasteiger partial charge is 0.164 e. The molecule has 294 valence electrons. The van der Waals surface area contributed by atoms with Gasteiger partial charge in [0.1, 0.15) is 11.2 Å². The summed E-state index contributed by atoms with van der Waals surface area (Å²) in [5, 5.41) is 6.72. The van der Waals surface area contributed by atoms with Crippen molar-refractivity contribution in [3.63, 3.8) is 0 Å². The second-order valence-electron chi connectivity index (χ2n) is 15.9. The maximum absolute atomic E-state index is 6.89. The first kappa shape index (κ1) is 36.4. The Morgan fingerprint density at radius 1 is 0.254 bits per heavy atom. The number of hydrogen-bond acceptors (Lipinski definition) is 4. The summed E-state index contributed by atoms with van der Waals surface area (Å²) >= 11 is 0. The van der Waals surface area contributed by atoms with Crippen LogP contribution in [-0.2, 0) is 0 Å². The fourth-order valence-corrected chi connectivity index (χ4v) is 9.23. The van der Waals surface area contributed by atoms with Gasteiger partial charge in [0.25, 0.3) is 0 Å². The third-order valence-corrected chi connectivity index (χ3v) is 12.2. The molecule has 0 bridgehead atoms. The van der Waals surface area contributed by atoms with Gasteiger partial charge in [-0.2, -0.15) is 0 Å². The lowest BCUT2D eigenvalue weighted by Gasteiger charge is -2.14. The molecule has 4 heteroatoms. The minimum absolute atomic E-state index is 0.619. The molecule has 0 unspecified atom stereocenters. The normalized spacial score (nSPS) is 11.5. The molecular formula is C59H37N3O. The second-order valence-corrected chi connectivity index (χ2v) is 15.9. The highest BCUT2D eigenvalue weighted by Crippen LogP contribution is 2.45. The van der Waals surface area contributed by atoms with Crippen molar-refractivity contribution >= 4 is 43.5 Å². The van der Waals surface area contributed by atoms with Gasteiger partial charge in [0.05, 0.1) is 0 Å².